The summed E-state index contributed by atoms with van der Waals surface area (Å²) < 4.78 is 5.34. The first kappa shape index (κ1) is 19.0. The molecule has 2 rings (SSSR count). The van der Waals surface area contributed by atoms with E-state index in [1.807, 2.05) is 27.8 Å². The predicted molar refractivity (Wildman–Crippen MR) is 85.4 cm³/mol. The molecule has 1 saturated carbocycles. The number of carbonyl (C=O) groups is 2. The third-order valence-electron chi connectivity index (χ3n) is 4.19. The Morgan fingerprint density at radius 1 is 1.23 bits per heavy atom. The van der Waals surface area contributed by atoms with Crippen molar-refractivity contribution in [2.24, 2.45) is 5.92 Å². The van der Waals surface area contributed by atoms with Gasteiger partial charge in [0, 0.05) is 25.2 Å². The van der Waals surface area contributed by atoms with E-state index >= 15 is 0 Å². The van der Waals surface area contributed by atoms with Gasteiger partial charge >= 0.3 is 12.1 Å². The van der Waals surface area contributed by atoms with Crippen LogP contribution in [0.5, 0.6) is 0 Å². The van der Waals surface area contributed by atoms with Gasteiger partial charge < -0.3 is 14.7 Å². The van der Waals surface area contributed by atoms with Crippen LogP contribution in [0.3, 0.4) is 0 Å². The number of hydrogen-bond acceptors (Lipinski definition) is 4. The molecule has 0 radical (unpaired) electrons. The van der Waals surface area contributed by atoms with E-state index in [0.29, 0.717) is 19.0 Å². The van der Waals surface area contributed by atoms with E-state index in [1.54, 1.807) is 0 Å². The van der Waals surface area contributed by atoms with E-state index in [1.165, 1.54) is 4.90 Å². The van der Waals surface area contributed by atoms with Crippen LogP contribution in [0.15, 0.2) is 0 Å². The summed E-state index contributed by atoms with van der Waals surface area (Å²) in [5.74, 6) is -1.38. The van der Waals surface area contributed by atoms with Gasteiger partial charge in [-0.05, 0) is 47.1 Å². The molecule has 1 amide bonds. The van der Waals surface area contributed by atoms with E-state index in [2.05, 4.69) is 4.90 Å². The van der Waals surface area contributed by atoms with Crippen molar-refractivity contribution in [3.8, 4) is 0 Å². The number of amides is 1. The second-order valence-electron chi connectivity index (χ2n) is 7.12. The molecule has 2 atom stereocenters. The average Bonchev–Trinajstić information content (AvgIpc) is 3.19. The lowest BCUT2D eigenvalue weighted by Crippen LogP contribution is -2.55. The van der Waals surface area contributed by atoms with Crippen LogP contribution in [0.2, 0.25) is 0 Å². The van der Waals surface area contributed by atoms with Crippen molar-refractivity contribution in [2.45, 2.75) is 57.7 Å². The fourth-order valence-corrected chi connectivity index (χ4v) is 2.91. The Bertz CT molecular complexity index is 420. The Kier molecular flexibility index (Phi) is 6.10. The number of carboxylic acids is 1. The molecule has 1 aliphatic heterocycles. The molecule has 1 saturated heterocycles. The predicted octanol–water partition coefficient (Wildman–Crippen LogP) is 2.21. The number of ether oxygens (including phenoxy) is 1. The SMILES string of the molecule is CN(C1CC1)C1CCN(C(=O)OC(C)(C)C)CC1C(=O)O.Cl. The van der Waals surface area contributed by atoms with Crippen LogP contribution in [-0.4, -0.2) is 64.8 Å². The van der Waals surface area contributed by atoms with Crippen molar-refractivity contribution in [2.75, 3.05) is 20.1 Å². The molecule has 0 aromatic rings. The molecule has 1 aliphatic carbocycles. The summed E-state index contributed by atoms with van der Waals surface area (Å²) in [5.41, 5.74) is -0.558. The maximum absolute atomic E-state index is 12.1. The Morgan fingerprint density at radius 3 is 2.27 bits per heavy atom. The van der Waals surface area contributed by atoms with Gasteiger partial charge in [0.15, 0.2) is 0 Å². The summed E-state index contributed by atoms with van der Waals surface area (Å²) in [4.78, 5) is 27.4. The van der Waals surface area contributed by atoms with Crippen molar-refractivity contribution in [1.29, 1.82) is 0 Å². The molecule has 2 aliphatic rings. The number of piperidine rings is 1. The lowest BCUT2D eigenvalue weighted by molar-refractivity contribution is -0.146. The molecular weight excluding hydrogens is 308 g/mol. The largest absolute Gasteiger partial charge is 0.481 e. The second-order valence-corrected chi connectivity index (χ2v) is 7.12. The Hall–Kier alpha value is -1.01. The molecule has 0 spiro atoms. The van der Waals surface area contributed by atoms with Crippen LogP contribution in [0, 0.1) is 5.92 Å². The van der Waals surface area contributed by atoms with Crippen molar-refractivity contribution in [1.82, 2.24) is 9.80 Å². The Labute approximate surface area is 138 Å². The molecule has 6 nitrogen and oxygen atoms in total. The lowest BCUT2D eigenvalue weighted by Gasteiger charge is -2.41. The molecule has 1 N–H and O–H groups in total. The minimum absolute atomic E-state index is 0. The van der Waals surface area contributed by atoms with Crippen LogP contribution in [0.4, 0.5) is 4.79 Å². The van der Waals surface area contributed by atoms with Gasteiger partial charge in [-0.25, -0.2) is 4.79 Å². The van der Waals surface area contributed by atoms with E-state index < -0.39 is 23.6 Å². The quantitative estimate of drug-likeness (QED) is 0.857. The minimum Gasteiger partial charge on any atom is -0.481 e. The summed E-state index contributed by atoms with van der Waals surface area (Å²) >= 11 is 0. The first-order chi connectivity index (χ1) is 9.69. The minimum atomic E-state index is -0.833. The second kappa shape index (κ2) is 7.04. The van der Waals surface area contributed by atoms with E-state index in [0.717, 1.165) is 12.8 Å². The van der Waals surface area contributed by atoms with Crippen molar-refractivity contribution >= 4 is 24.5 Å². The molecule has 2 unspecified atom stereocenters. The molecular formula is C15H27ClN2O4. The summed E-state index contributed by atoms with van der Waals surface area (Å²) in [6.45, 7) is 6.22. The number of nitrogens with zero attached hydrogens (tertiary/aromatic N) is 2. The van der Waals surface area contributed by atoms with E-state index in [9.17, 15) is 14.7 Å². The smallest absolute Gasteiger partial charge is 0.410 e. The van der Waals surface area contributed by atoms with Gasteiger partial charge in [-0.2, -0.15) is 0 Å². The molecule has 128 valence electrons. The van der Waals surface area contributed by atoms with E-state index in [4.69, 9.17) is 4.74 Å². The van der Waals surface area contributed by atoms with Crippen LogP contribution in [0.1, 0.15) is 40.0 Å². The summed E-state index contributed by atoms with van der Waals surface area (Å²) in [6.07, 6.45) is 2.56. The number of halogens is 1. The Balaban J connectivity index is 0.00000242. The topological polar surface area (TPSA) is 70.1 Å². The molecule has 0 aromatic heterocycles. The highest BCUT2D eigenvalue weighted by Gasteiger charge is 2.42. The summed E-state index contributed by atoms with van der Waals surface area (Å²) in [6, 6.07) is 0.526. The molecule has 22 heavy (non-hydrogen) atoms. The zero-order valence-electron chi connectivity index (χ0n) is 13.7. The third-order valence-corrected chi connectivity index (χ3v) is 4.19. The molecule has 2 fully saturated rings. The van der Waals surface area contributed by atoms with Crippen molar-refractivity contribution in [3.63, 3.8) is 0 Å². The standard InChI is InChI=1S/C15H26N2O4.ClH/c1-15(2,3)21-14(20)17-8-7-12(11(9-17)13(18)19)16(4)10-5-6-10;/h10-12H,5-9H2,1-4H3,(H,18,19);1H. The normalized spacial score (nSPS) is 25.6. The monoisotopic (exact) mass is 334 g/mol. The summed E-state index contributed by atoms with van der Waals surface area (Å²) in [7, 11) is 2.00. The molecule has 0 bridgehead atoms. The van der Waals surface area contributed by atoms with Gasteiger partial charge in [0.25, 0.3) is 0 Å². The molecule has 1 heterocycles. The number of rotatable bonds is 3. The van der Waals surface area contributed by atoms with Crippen LogP contribution in [0.25, 0.3) is 0 Å². The van der Waals surface area contributed by atoms with Crippen LogP contribution in [-0.2, 0) is 9.53 Å². The number of hydrogen-bond donors (Lipinski definition) is 1. The van der Waals surface area contributed by atoms with Crippen LogP contribution < -0.4 is 0 Å². The molecule has 0 aromatic carbocycles. The van der Waals surface area contributed by atoms with Gasteiger partial charge in [0.2, 0.25) is 0 Å². The number of carbonyl (C=O) groups excluding carboxylic acids is 1. The number of aliphatic carboxylic acids is 1. The first-order valence-electron chi connectivity index (χ1n) is 7.61. The maximum atomic E-state index is 12.1. The molecule has 7 heteroatoms. The van der Waals surface area contributed by atoms with Crippen molar-refractivity contribution in [3.05, 3.63) is 0 Å². The van der Waals surface area contributed by atoms with Gasteiger partial charge in [0.1, 0.15) is 5.60 Å². The zero-order valence-corrected chi connectivity index (χ0v) is 14.6. The Morgan fingerprint density at radius 2 is 1.82 bits per heavy atom. The summed E-state index contributed by atoms with van der Waals surface area (Å²) in [5, 5.41) is 9.49. The lowest BCUT2D eigenvalue weighted by atomic mass is 9.91. The first-order valence-corrected chi connectivity index (χ1v) is 7.61. The van der Waals surface area contributed by atoms with Crippen molar-refractivity contribution < 1.29 is 19.4 Å². The van der Waals surface area contributed by atoms with Gasteiger partial charge in [-0.15, -0.1) is 12.4 Å². The highest BCUT2D eigenvalue weighted by Crippen LogP contribution is 2.32. The number of carboxylic acid groups (broad SMARTS) is 1. The zero-order chi connectivity index (χ0) is 15.8. The van der Waals surface area contributed by atoms with Gasteiger partial charge in [-0.1, -0.05) is 0 Å². The fraction of sp³-hybridized carbons (Fsp3) is 0.867. The van der Waals surface area contributed by atoms with Gasteiger partial charge in [0.05, 0.1) is 5.92 Å². The van der Waals surface area contributed by atoms with Crippen LogP contribution >= 0.6 is 12.4 Å². The average molecular weight is 335 g/mol. The highest BCUT2D eigenvalue weighted by atomic mass is 35.5. The highest BCUT2D eigenvalue weighted by molar-refractivity contribution is 5.85. The van der Waals surface area contributed by atoms with Gasteiger partial charge in [-0.3, -0.25) is 9.69 Å². The maximum Gasteiger partial charge on any atom is 0.410 e. The third kappa shape index (κ3) is 4.74. The fourth-order valence-electron chi connectivity index (χ4n) is 2.91. The van der Waals surface area contributed by atoms with E-state index in [-0.39, 0.29) is 25.0 Å². The number of likely N-dealkylation sites (tertiary alicyclic amines) is 1.